The highest BCUT2D eigenvalue weighted by Gasteiger charge is 1.94. The van der Waals surface area contributed by atoms with Gasteiger partial charge in [-0.2, -0.15) is 5.10 Å². The molecular weight excluding hydrogens is 128 g/mol. The van der Waals surface area contributed by atoms with Crippen LogP contribution < -0.4 is 4.74 Å². The molecule has 1 heterocycles. The predicted molar refractivity (Wildman–Crippen MR) is 38.9 cm³/mol. The second-order valence-electron chi connectivity index (χ2n) is 1.89. The summed E-state index contributed by atoms with van der Waals surface area (Å²) < 4.78 is 6.88. The number of nitrogens with zero attached hydrogens (tertiary/aromatic N) is 2. The minimum Gasteiger partial charge on any atom is -0.474 e. The molecule has 54 valence electrons. The highest BCUT2D eigenvalue weighted by atomic mass is 16.5. The van der Waals surface area contributed by atoms with Crippen LogP contribution >= 0.6 is 0 Å². The Labute approximate surface area is 59.9 Å². The summed E-state index contributed by atoms with van der Waals surface area (Å²) in [7, 11) is 1.83. The van der Waals surface area contributed by atoms with Crippen LogP contribution in [0, 0.1) is 0 Å². The van der Waals surface area contributed by atoms with E-state index in [2.05, 4.69) is 11.7 Å². The summed E-state index contributed by atoms with van der Waals surface area (Å²) in [4.78, 5) is 0. The van der Waals surface area contributed by atoms with Crippen molar-refractivity contribution in [3.05, 3.63) is 24.9 Å². The van der Waals surface area contributed by atoms with Gasteiger partial charge in [0, 0.05) is 13.1 Å². The average molecular weight is 138 g/mol. The molecule has 0 aliphatic heterocycles. The number of ether oxygens (including phenoxy) is 1. The second-order valence-corrected chi connectivity index (χ2v) is 1.89. The highest BCUT2D eigenvalue weighted by Crippen LogP contribution is 2.05. The first-order valence-corrected chi connectivity index (χ1v) is 3.06. The number of hydrogen-bond acceptors (Lipinski definition) is 2. The standard InChI is InChI=1S/C7H10N2O/c1-3-6-10-7-4-5-8-9(7)2/h3-5H,1,6H2,2H3. The Hall–Kier alpha value is -1.25. The Balaban J connectivity index is 2.56. The summed E-state index contributed by atoms with van der Waals surface area (Å²) in [6.45, 7) is 4.06. The molecule has 1 rings (SSSR count). The predicted octanol–water partition coefficient (Wildman–Crippen LogP) is 0.985. The van der Waals surface area contributed by atoms with Crippen molar-refractivity contribution in [2.75, 3.05) is 6.61 Å². The molecule has 0 radical (unpaired) electrons. The van der Waals surface area contributed by atoms with Gasteiger partial charge in [-0.1, -0.05) is 12.7 Å². The maximum atomic E-state index is 5.21. The molecule has 0 N–H and O–H groups in total. The van der Waals surface area contributed by atoms with E-state index >= 15 is 0 Å². The van der Waals surface area contributed by atoms with Gasteiger partial charge in [-0.3, -0.25) is 0 Å². The zero-order valence-corrected chi connectivity index (χ0v) is 5.95. The molecule has 0 saturated carbocycles. The van der Waals surface area contributed by atoms with E-state index in [9.17, 15) is 0 Å². The monoisotopic (exact) mass is 138 g/mol. The maximum absolute atomic E-state index is 5.21. The van der Waals surface area contributed by atoms with Gasteiger partial charge in [-0.15, -0.1) is 0 Å². The van der Waals surface area contributed by atoms with Crippen molar-refractivity contribution in [3.63, 3.8) is 0 Å². The van der Waals surface area contributed by atoms with Gasteiger partial charge in [-0.25, -0.2) is 4.68 Å². The summed E-state index contributed by atoms with van der Waals surface area (Å²) in [5.74, 6) is 0.764. The van der Waals surface area contributed by atoms with E-state index in [1.165, 1.54) is 0 Å². The van der Waals surface area contributed by atoms with E-state index in [-0.39, 0.29) is 0 Å². The molecule has 0 aromatic carbocycles. The summed E-state index contributed by atoms with van der Waals surface area (Å²) >= 11 is 0. The Morgan fingerprint density at radius 2 is 2.70 bits per heavy atom. The third-order valence-corrected chi connectivity index (χ3v) is 1.12. The summed E-state index contributed by atoms with van der Waals surface area (Å²) in [6.07, 6.45) is 3.39. The van der Waals surface area contributed by atoms with Crippen LogP contribution in [0.25, 0.3) is 0 Å². The van der Waals surface area contributed by atoms with Gasteiger partial charge in [-0.05, 0) is 0 Å². The van der Waals surface area contributed by atoms with Crippen LogP contribution in [0.5, 0.6) is 5.88 Å². The summed E-state index contributed by atoms with van der Waals surface area (Å²) in [6, 6.07) is 1.81. The molecule has 0 spiro atoms. The lowest BCUT2D eigenvalue weighted by Crippen LogP contribution is -1.99. The third-order valence-electron chi connectivity index (χ3n) is 1.12. The first kappa shape index (κ1) is 6.86. The van der Waals surface area contributed by atoms with Gasteiger partial charge in [0.05, 0.1) is 6.20 Å². The Morgan fingerprint density at radius 3 is 3.20 bits per heavy atom. The summed E-state index contributed by atoms with van der Waals surface area (Å²) in [5.41, 5.74) is 0. The number of rotatable bonds is 3. The zero-order valence-electron chi connectivity index (χ0n) is 5.95. The van der Waals surface area contributed by atoms with Crippen molar-refractivity contribution in [1.82, 2.24) is 9.78 Å². The minimum absolute atomic E-state index is 0.527. The fourth-order valence-electron chi connectivity index (χ4n) is 0.648. The zero-order chi connectivity index (χ0) is 7.40. The van der Waals surface area contributed by atoms with Crippen LogP contribution in [0.2, 0.25) is 0 Å². The van der Waals surface area contributed by atoms with Gasteiger partial charge in [0.2, 0.25) is 5.88 Å². The molecular formula is C7H10N2O. The molecule has 0 aliphatic rings. The van der Waals surface area contributed by atoms with Gasteiger partial charge in [0.1, 0.15) is 6.61 Å². The van der Waals surface area contributed by atoms with Gasteiger partial charge >= 0.3 is 0 Å². The Morgan fingerprint density at radius 1 is 1.90 bits per heavy atom. The molecule has 0 bridgehead atoms. The molecule has 0 unspecified atom stereocenters. The third kappa shape index (κ3) is 1.37. The van der Waals surface area contributed by atoms with Gasteiger partial charge in [0.25, 0.3) is 0 Å². The van der Waals surface area contributed by atoms with E-state index in [0.717, 1.165) is 5.88 Å². The van der Waals surface area contributed by atoms with Crippen molar-refractivity contribution in [1.29, 1.82) is 0 Å². The lowest BCUT2D eigenvalue weighted by atomic mass is 10.6. The number of aromatic nitrogens is 2. The first-order chi connectivity index (χ1) is 4.84. The fourth-order valence-corrected chi connectivity index (χ4v) is 0.648. The molecule has 1 aromatic heterocycles. The molecule has 0 amide bonds. The molecule has 0 atom stereocenters. The number of hydrogen-bond donors (Lipinski definition) is 0. The van der Waals surface area contributed by atoms with Crippen molar-refractivity contribution >= 4 is 0 Å². The van der Waals surface area contributed by atoms with E-state index in [0.29, 0.717) is 6.61 Å². The van der Waals surface area contributed by atoms with Crippen LogP contribution in [0.15, 0.2) is 24.9 Å². The SMILES string of the molecule is C=CCOc1ccnn1C. The average Bonchev–Trinajstić information content (AvgIpc) is 2.31. The lowest BCUT2D eigenvalue weighted by Gasteiger charge is -2.00. The lowest BCUT2D eigenvalue weighted by molar-refractivity contribution is 0.329. The molecule has 3 nitrogen and oxygen atoms in total. The van der Waals surface area contributed by atoms with Crippen LogP contribution in [0.1, 0.15) is 0 Å². The van der Waals surface area contributed by atoms with Crippen LogP contribution in [0.4, 0.5) is 0 Å². The van der Waals surface area contributed by atoms with E-state index in [4.69, 9.17) is 4.74 Å². The smallest absolute Gasteiger partial charge is 0.211 e. The second kappa shape index (κ2) is 3.06. The highest BCUT2D eigenvalue weighted by molar-refractivity contribution is 5.07. The van der Waals surface area contributed by atoms with Crippen molar-refractivity contribution < 1.29 is 4.74 Å². The minimum atomic E-state index is 0.527. The molecule has 0 aliphatic carbocycles. The Kier molecular flexibility index (Phi) is 2.10. The Bertz CT molecular complexity index is 217. The van der Waals surface area contributed by atoms with Crippen LogP contribution in [-0.4, -0.2) is 16.4 Å². The normalized spacial score (nSPS) is 9.30. The molecule has 10 heavy (non-hydrogen) atoms. The number of aryl methyl sites for hydroxylation is 1. The maximum Gasteiger partial charge on any atom is 0.211 e. The molecule has 1 aromatic rings. The fraction of sp³-hybridized carbons (Fsp3) is 0.286. The summed E-state index contributed by atoms with van der Waals surface area (Å²) in [5, 5.41) is 3.93. The first-order valence-electron chi connectivity index (χ1n) is 3.06. The molecule has 3 heteroatoms. The van der Waals surface area contributed by atoms with Crippen LogP contribution in [-0.2, 0) is 7.05 Å². The van der Waals surface area contributed by atoms with Crippen molar-refractivity contribution in [2.24, 2.45) is 7.05 Å². The quantitative estimate of drug-likeness (QED) is 0.582. The van der Waals surface area contributed by atoms with Crippen molar-refractivity contribution in [3.8, 4) is 5.88 Å². The van der Waals surface area contributed by atoms with Crippen molar-refractivity contribution in [2.45, 2.75) is 0 Å². The molecule has 0 saturated heterocycles. The van der Waals surface area contributed by atoms with Gasteiger partial charge < -0.3 is 4.74 Å². The van der Waals surface area contributed by atoms with E-state index in [1.54, 1.807) is 17.0 Å². The van der Waals surface area contributed by atoms with E-state index < -0.39 is 0 Å². The van der Waals surface area contributed by atoms with E-state index in [1.807, 2.05) is 13.1 Å². The topological polar surface area (TPSA) is 27.1 Å². The largest absolute Gasteiger partial charge is 0.474 e. The van der Waals surface area contributed by atoms with Crippen LogP contribution in [0.3, 0.4) is 0 Å². The molecule has 0 fully saturated rings. The van der Waals surface area contributed by atoms with Gasteiger partial charge in [0.15, 0.2) is 0 Å².